The zero-order chi connectivity index (χ0) is 36.5. The molecule has 0 fully saturated rings. The van der Waals surface area contributed by atoms with Crippen LogP contribution in [0.25, 0.3) is 0 Å². The molecule has 2 unspecified atom stereocenters. The Bertz CT molecular complexity index is 1030. The molecule has 16 nitrogen and oxygen atoms in total. The number of hydrogen-bond acceptors (Lipinski definition) is 13. The Morgan fingerprint density at radius 2 is 1.60 bits per heavy atom. The quantitative estimate of drug-likeness (QED) is 0.0502. The molecule has 0 radical (unpaired) electrons. The van der Waals surface area contributed by atoms with E-state index in [1.165, 1.54) is 4.90 Å². The molecule has 0 aromatic heterocycles. The number of carboxylic acid groups (broad SMARTS) is 2. The molecule has 0 saturated heterocycles. The summed E-state index contributed by atoms with van der Waals surface area (Å²) in [7, 11) is 9.08. The minimum absolute atomic E-state index is 0.0897. The van der Waals surface area contributed by atoms with E-state index in [1.807, 2.05) is 33.3 Å². The van der Waals surface area contributed by atoms with E-state index in [4.69, 9.17) is 19.7 Å². The van der Waals surface area contributed by atoms with Crippen LogP contribution in [0.3, 0.4) is 0 Å². The van der Waals surface area contributed by atoms with Crippen LogP contribution < -0.4 is 20.7 Å². The van der Waals surface area contributed by atoms with Gasteiger partial charge in [-0.3, -0.25) is 14.4 Å². The van der Waals surface area contributed by atoms with Gasteiger partial charge in [0.1, 0.15) is 24.6 Å². The molecule has 47 heavy (non-hydrogen) atoms. The average molecular weight is 672 g/mol. The number of allylic oxidation sites excluding steroid dienone is 1. The van der Waals surface area contributed by atoms with Gasteiger partial charge < -0.3 is 60.5 Å². The second-order valence-corrected chi connectivity index (χ2v) is 9.64. The molecule has 0 aliphatic heterocycles. The Morgan fingerprint density at radius 3 is 2.06 bits per heavy atom. The summed E-state index contributed by atoms with van der Waals surface area (Å²) in [5.41, 5.74) is 1.76. The second kappa shape index (κ2) is 33.2. The zero-order valence-electron chi connectivity index (χ0n) is 28.0. The van der Waals surface area contributed by atoms with Crippen molar-refractivity contribution in [3.63, 3.8) is 0 Å². The van der Waals surface area contributed by atoms with Gasteiger partial charge in [-0.05, 0) is 51.3 Å². The fourth-order valence-corrected chi connectivity index (χ4v) is 3.34. The molecule has 2 atom stereocenters. The molecule has 1 aromatic rings. The largest absolute Gasteiger partial charge is 0.483 e. The molecule has 1 amide bonds. The first-order valence-corrected chi connectivity index (χ1v) is 14.7. The predicted molar refractivity (Wildman–Crippen MR) is 177 cm³/mol. The molecule has 0 aliphatic carbocycles. The van der Waals surface area contributed by atoms with Gasteiger partial charge in [0.05, 0.1) is 11.8 Å². The number of anilines is 1. The van der Waals surface area contributed by atoms with Gasteiger partial charge in [-0.15, -0.1) is 0 Å². The lowest BCUT2D eigenvalue weighted by Gasteiger charge is -2.21. The van der Waals surface area contributed by atoms with Crippen molar-refractivity contribution in [2.75, 3.05) is 73.3 Å². The zero-order valence-corrected chi connectivity index (χ0v) is 28.0. The van der Waals surface area contributed by atoms with Gasteiger partial charge in [0.15, 0.2) is 6.10 Å². The van der Waals surface area contributed by atoms with Crippen molar-refractivity contribution in [3.8, 4) is 5.75 Å². The van der Waals surface area contributed by atoms with E-state index in [0.717, 1.165) is 56.5 Å². The minimum Gasteiger partial charge on any atom is -0.483 e. The summed E-state index contributed by atoms with van der Waals surface area (Å²) in [4.78, 5) is 63.6. The number of nitrogens with zero attached hydrogens (tertiary/aromatic N) is 2. The van der Waals surface area contributed by atoms with Gasteiger partial charge in [0.2, 0.25) is 5.91 Å². The average Bonchev–Trinajstić information content (AvgIpc) is 3.05. The van der Waals surface area contributed by atoms with Gasteiger partial charge in [0.25, 0.3) is 6.47 Å². The smallest absolute Gasteiger partial charge is 0.344 e. The number of likely N-dealkylation sites (N-methyl/N-ethyl adjacent to an activating group) is 3. The summed E-state index contributed by atoms with van der Waals surface area (Å²) in [6.45, 7) is 3.29. The predicted octanol–water partition coefficient (Wildman–Crippen LogP) is -0.371. The molecule has 0 bridgehead atoms. The lowest BCUT2D eigenvalue weighted by molar-refractivity contribution is -0.146. The van der Waals surface area contributed by atoms with E-state index in [9.17, 15) is 34.2 Å². The third kappa shape index (κ3) is 27.8. The highest BCUT2D eigenvalue weighted by atomic mass is 16.5. The van der Waals surface area contributed by atoms with Crippen LogP contribution >= 0.6 is 0 Å². The van der Waals surface area contributed by atoms with E-state index in [0.29, 0.717) is 37.1 Å². The van der Waals surface area contributed by atoms with Crippen molar-refractivity contribution in [3.05, 3.63) is 35.9 Å². The number of rotatable bonds is 21. The summed E-state index contributed by atoms with van der Waals surface area (Å²) in [6, 6.07) is 5.56. The van der Waals surface area contributed by atoms with E-state index in [-0.39, 0.29) is 31.8 Å². The topological polar surface area (TPSA) is 235 Å². The molecule has 7 N–H and O–H groups in total. The fourth-order valence-electron chi connectivity index (χ4n) is 3.34. The maximum Gasteiger partial charge on any atom is 0.344 e. The lowest BCUT2D eigenvalue weighted by Crippen LogP contribution is -2.32. The van der Waals surface area contributed by atoms with E-state index in [2.05, 4.69) is 20.9 Å². The van der Waals surface area contributed by atoms with Crippen LogP contribution in [0.15, 0.2) is 30.4 Å². The van der Waals surface area contributed by atoms with Crippen LogP contribution in [0, 0.1) is 0 Å². The first-order chi connectivity index (χ1) is 22.5. The highest BCUT2D eigenvalue weighted by molar-refractivity contribution is 5.90. The summed E-state index contributed by atoms with van der Waals surface area (Å²) in [5.74, 6) is -1.01. The Morgan fingerprint density at radius 1 is 0.979 bits per heavy atom. The Kier molecular flexibility index (Phi) is 33.3. The first kappa shape index (κ1) is 47.2. The molecule has 16 heteroatoms. The van der Waals surface area contributed by atoms with Crippen molar-refractivity contribution in [1.29, 1.82) is 0 Å². The minimum atomic E-state index is -1.19. The number of hydrogen-bond donors (Lipinski definition) is 7. The number of carbonyl (C=O) groups is 6. The number of amides is 1. The molecule has 0 aliphatic rings. The SMILES string of the molecule is CN(CCC=O)C(=O)/C=C\C=O.CNCCC=O.CNCCN(C)Cc1ccc(OC(CC(O)CCO)C(=O)O)c(NC)c1.O=CO. The number of carbonyl (C=O) groups excluding carboxylic acids is 4. The van der Waals surface area contributed by atoms with Crippen LogP contribution in [-0.2, 0) is 35.3 Å². The number of nitrogens with one attached hydrogen (secondary N) is 3. The number of aliphatic hydroxyl groups excluding tert-OH is 2. The number of benzene rings is 1. The molecule has 0 spiro atoms. The van der Waals surface area contributed by atoms with Gasteiger partial charge in [0, 0.05) is 78.8 Å². The monoisotopic (exact) mass is 671 g/mol. The van der Waals surface area contributed by atoms with Crippen molar-refractivity contribution in [1.82, 2.24) is 20.4 Å². The van der Waals surface area contributed by atoms with E-state index < -0.39 is 18.2 Å². The molecule has 268 valence electrons. The van der Waals surface area contributed by atoms with Crippen molar-refractivity contribution < 1.29 is 53.9 Å². The van der Waals surface area contributed by atoms with Crippen molar-refractivity contribution >= 4 is 42.9 Å². The number of aliphatic hydroxyl groups is 2. The third-order valence-electron chi connectivity index (χ3n) is 5.79. The maximum atomic E-state index is 11.4. The fraction of sp³-hybridized carbons (Fsp3) is 0.548. The third-order valence-corrected chi connectivity index (χ3v) is 5.79. The Balaban J connectivity index is -0.000000757. The molecule has 1 rings (SSSR count). The Labute approximate surface area is 276 Å². The van der Waals surface area contributed by atoms with E-state index in [1.54, 1.807) is 20.2 Å². The standard InChI is InChI=1S/C18H31N3O5.C8H11NO3.C4H9NO.CH2O2/c1-19-7-8-21(3)12-13-4-5-16(15(10-13)20-2)26-17(18(24)25)11-14(23)6-9-22;1-9(5-3-7-11)8(12)4-2-6-10;1-5-3-2-4-6;2-1-3/h4-5,10,14,17,19-20,22-23H,6-9,11-12H2,1-3H3,(H,24,25);2,4,6-7H,3,5H2,1H3;4-5H,2-3H2,1H3;1H,(H,2,3)/b;4-2-;;. The molecule has 0 saturated carbocycles. The molecular formula is C31H53N5O11. The summed E-state index contributed by atoms with van der Waals surface area (Å²) >= 11 is 0. The van der Waals surface area contributed by atoms with Crippen LogP contribution in [0.5, 0.6) is 5.75 Å². The van der Waals surface area contributed by atoms with Crippen LogP contribution in [-0.4, -0.2) is 148 Å². The Hall–Kier alpha value is -4.22. The number of aldehydes is 3. The van der Waals surface area contributed by atoms with Crippen molar-refractivity contribution in [2.45, 2.75) is 44.4 Å². The molecular weight excluding hydrogens is 618 g/mol. The van der Waals surface area contributed by atoms with Crippen LogP contribution in [0.4, 0.5) is 5.69 Å². The van der Waals surface area contributed by atoms with Gasteiger partial charge in [-0.1, -0.05) is 6.07 Å². The number of carboxylic acids is 1. The summed E-state index contributed by atoms with van der Waals surface area (Å²) in [5, 5.41) is 43.8. The highest BCUT2D eigenvalue weighted by Gasteiger charge is 2.24. The van der Waals surface area contributed by atoms with E-state index >= 15 is 0 Å². The number of ether oxygens (including phenoxy) is 1. The second-order valence-electron chi connectivity index (χ2n) is 9.64. The maximum absolute atomic E-state index is 11.4. The number of aliphatic carboxylic acids is 1. The summed E-state index contributed by atoms with van der Waals surface area (Å²) < 4.78 is 5.61. The van der Waals surface area contributed by atoms with Gasteiger partial charge in [-0.2, -0.15) is 0 Å². The van der Waals surface area contributed by atoms with Crippen LogP contribution in [0.2, 0.25) is 0 Å². The first-order valence-electron chi connectivity index (χ1n) is 14.7. The van der Waals surface area contributed by atoms with Gasteiger partial charge >= 0.3 is 5.97 Å². The summed E-state index contributed by atoms with van der Waals surface area (Å²) in [6.07, 6.45) is 3.31. The van der Waals surface area contributed by atoms with Gasteiger partial charge in [-0.25, -0.2) is 4.79 Å². The molecule has 1 aromatic carbocycles. The lowest BCUT2D eigenvalue weighted by atomic mass is 10.1. The normalized spacial score (nSPS) is 11.2. The molecule has 0 heterocycles. The van der Waals surface area contributed by atoms with Crippen molar-refractivity contribution in [2.24, 2.45) is 0 Å². The highest BCUT2D eigenvalue weighted by Crippen LogP contribution is 2.28. The van der Waals surface area contributed by atoms with Crippen LogP contribution in [0.1, 0.15) is 31.2 Å².